The average molecular weight is 296 g/mol. The number of amides is 1. The molecule has 20 heavy (non-hydrogen) atoms. The zero-order valence-corrected chi connectivity index (χ0v) is 12.7. The van der Waals surface area contributed by atoms with Crippen molar-refractivity contribution in [2.75, 3.05) is 20.2 Å². The van der Waals surface area contributed by atoms with E-state index in [1.165, 1.54) is 19.2 Å². The van der Waals surface area contributed by atoms with Gasteiger partial charge in [-0.15, -0.1) is 0 Å². The Kier molecular flexibility index (Phi) is 5.76. The average Bonchev–Trinajstić information content (AvgIpc) is 2.44. The van der Waals surface area contributed by atoms with Crippen LogP contribution in [0.2, 0.25) is 0 Å². The third-order valence-electron chi connectivity index (χ3n) is 3.08. The Morgan fingerprint density at radius 3 is 2.70 bits per heavy atom. The van der Waals surface area contributed by atoms with Gasteiger partial charge in [-0.25, -0.2) is 0 Å². The summed E-state index contributed by atoms with van der Waals surface area (Å²) in [6.45, 7) is 4.65. The number of ether oxygens (including phenoxy) is 1. The number of carbonyl (C=O) groups excluding carboxylic acids is 1. The van der Waals surface area contributed by atoms with Crippen molar-refractivity contribution in [3.05, 3.63) is 23.8 Å². The van der Waals surface area contributed by atoms with Crippen LogP contribution in [0.1, 0.15) is 24.2 Å². The number of carbonyl (C=O) groups is 1. The predicted octanol–water partition coefficient (Wildman–Crippen LogP) is 1.79. The van der Waals surface area contributed by atoms with E-state index in [2.05, 4.69) is 0 Å². The van der Waals surface area contributed by atoms with Crippen molar-refractivity contribution in [3.63, 3.8) is 0 Å². The Hall–Kier alpha value is -1.82. The van der Waals surface area contributed by atoms with Crippen LogP contribution in [0, 0.1) is 5.92 Å². The summed E-state index contributed by atoms with van der Waals surface area (Å²) in [6, 6.07) is 4.56. The molecule has 1 aromatic carbocycles. The van der Waals surface area contributed by atoms with Gasteiger partial charge in [0.15, 0.2) is 0 Å². The maximum absolute atomic E-state index is 12.4. The van der Waals surface area contributed by atoms with E-state index in [1.807, 2.05) is 13.8 Å². The standard InChI is InChI=1S/C14H20N2O3S/c1-4-16(8-9(2)13(15)20)14(18)11-7-10(19-3)5-6-12(11)17/h5-7,9,17H,4,8H2,1-3H3,(H2,15,20). The number of phenolic OH excluding ortho intramolecular Hbond substituents is 1. The van der Waals surface area contributed by atoms with Crippen molar-refractivity contribution in [2.45, 2.75) is 13.8 Å². The molecule has 5 nitrogen and oxygen atoms in total. The van der Waals surface area contributed by atoms with Gasteiger partial charge in [-0.05, 0) is 25.1 Å². The third-order valence-corrected chi connectivity index (χ3v) is 3.49. The van der Waals surface area contributed by atoms with E-state index >= 15 is 0 Å². The second-order valence-electron chi connectivity index (χ2n) is 4.53. The number of thiocarbonyl (C=S) groups is 1. The number of aromatic hydroxyl groups is 1. The first-order valence-corrected chi connectivity index (χ1v) is 6.77. The lowest BCUT2D eigenvalue weighted by Crippen LogP contribution is -2.38. The number of hydrogen-bond acceptors (Lipinski definition) is 4. The minimum atomic E-state index is -0.271. The molecule has 0 aromatic heterocycles. The van der Waals surface area contributed by atoms with Crippen LogP contribution in [0.5, 0.6) is 11.5 Å². The minimum Gasteiger partial charge on any atom is -0.507 e. The minimum absolute atomic E-state index is 0.0720. The van der Waals surface area contributed by atoms with E-state index in [0.717, 1.165) is 0 Å². The molecule has 0 aliphatic heterocycles. The number of phenols is 1. The van der Waals surface area contributed by atoms with Crippen molar-refractivity contribution in [3.8, 4) is 11.5 Å². The van der Waals surface area contributed by atoms with Gasteiger partial charge in [-0.3, -0.25) is 4.79 Å². The molecule has 1 aromatic rings. The van der Waals surface area contributed by atoms with E-state index in [9.17, 15) is 9.90 Å². The van der Waals surface area contributed by atoms with Crippen molar-refractivity contribution in [2.24, 2.45) is 11.7 Å². The lowest BCUT2D eigenvalue weighted by Gasteiger charge is -2.24. The first kappa shape index (κ1) is 16.2. The first-order valence-electron chi connectivity index (χ1n) is 6.36. The number of benzene rings is 1. The predicted molar refractivity (Wildman–Crippen MR) is 82.2 cm³/mol. The van der Waals surface area contributed by atoms with Crippen molar-refractivity contribution in [1.29, 1.82) is 0 Å². The lowest BCUT2D eigenvalue weighted by molar-refractivity contribution is 0.0751. The molecule has 0 saturated carbocycles. The summed E-state index contributed by atoms with van der Waals surface area (Å²) in [5.74, 6) is 0.0930. The molecule has 0 saturated heterocycles. The van der Waals surface area contributed by atoms with E-state index in [-0.39, 0.29) is 23.1 Å². The zero-order valence-electron chi connectivity index (χ0n) is 11.9. The maximum Gasteiger partial charge on any atom is 0.257 e. The normalized spacial score (nSPS) is 11.8. The van der Waals surface area contributed by atoms with Crippen LogP contribution in [-0.4, -0.2) is 41.1 Å². The van der Waals surface area contributed by atoms with Crippen molar-refractivity contribution < 1.29 is 14.6 Å². The molecule has 0 radical (unpaired) electrons. The summed E-state index contributed by atoms with van der Waals surface area (Å²) in [6.07, 6.45) is 0. The van der Waals surface area contributed by atoms with E-state index in [0.29, 0.717) is 23.8 Å². The number of rotatable bonds is 6. The number of hydrogen-bond donors (Lipinski definition) is 2. The Labute approximate surface area is 124 Å². The van der Waals surface area contributed by atoms with Crippen molar-refractivity contribution >= 4 is 23.1 Å². The highest BCUT2D eigenvalue weighted by Gasteiger charge is 2.21. The SMILES string of the molecule is CCN(CC(C)C(N)=S)C(=O)c1cc(OC)ccc1O. The van der Waals surface area contributed by atoms with E-state index < -0.39 is 0 Å². The third kappa shape index (κ3) is 3.84. The number of nitrogens with two attached hydrogens (primary N) is 1. The highest BCUT2D eigenvalue weighted by Crippen LogP contribution is 2.24. The molecule has 1 unspecified atom stereocenters. The van der Waals surface area contributed by atoms with E-state index in [1.54, 1.807) is 11.0 Å². The second kappa shape index (κ2) is 7.09. The maximum atomic E-state index is 12.4. The molecule has 110 valence electrons. The monoisotopic (exact) mass is 296 g/mol. The summed E-state index contributed by atoms with van der Waals surface area (Å²) in [5.41, 5.74) is 5.79. The van der Waals surface area contributed by atoms with Gasteiger partial charge in [-0.1, -0.05) is 19.1 Å². The van der Waals surface area contributed by atoms with Crippen LogP contribution in [0.3, 0.4) is 0 Å². The van der Waals surface area contributed by atoms with Gasteiger partial charge in [0.05, 0.1) is 17.7 Å². The van der Waals surface area contributed by atoms with Crippen LogP contribution >= 0.6 is 12.2 Å². The zero-order chi connectivity index (χ0) is 15.3. The summed E-state index contributed by atoms with van der Waals surface area (Å²) >= 11 is 4.92. The smallest absolute Gasteiger partial charge is 0.257 e. The summed E-state index contributed by atoms with van der Waals surface area (Å²) in [5, 5.41) is 9.84. The Morgan fingerprint density at radius 1 is 1.55 bits per heavy atom. The van der Waals surface area contributed by atoms with Crippen LogP contribution in [0.25, 0.3) is 0 Å². The largest absolute Gasteiger partial charge is 0.507 e. The van der Waals surface area contributed by atoms with Crippen LogP contribution in [0.4, 0.5) is 0 Å². The second-order valence-corrected chi connectivity index (χ2v) is 5.00. The highest BCUT2D eigenvalue weighted by molar-refractivity contribution is 7.80. The fourth-order valence-electron chi connectivity index (χ4n) is 1.76. The van der Waals surface area contributed by atoms with Crippen LogP contribution in [0.15, 0.2) is 18.2 Å². The fourth-order valence-corrected chi connectivity index (χ4v) is 1.83. The van der Waals surface area contributed by atoms with Gasteiger partial charge in [0.25, 0.3) is 5.91 Å². The molecular formula is C14H20N2O3S. The number of methoxy groups -OCH3 is 1. The fraction of sp³-hybridized carbons (Fsp3) is 0.429. The Balaban J connectivity index is 2.99. The van der Waals surface area contributed by atoms with Crippen LogP contribution in [-0.2, 0) is 0 Å². The van der Waals surface area contributed by atoms with Crippen LogP contribution < -0.4 is 10.5 Å². The topological polar surface area (TPSA) is 75.8 Å². The molecular weight excluding hydrogens is 276 g/mol. The van der Waals surface area contributed by atoms with Gasteiger partial charge in [0, 0.05) is 19.0 Å². The molecule has 0 aliphatic carbocycles. The lowest BCUT2D eigenvalue weighted by atomic mass is 10.1. The Morgan fingerprint density at radius 2 is 2.20 bits per heavy atom. The Bertz CT molecular complexity index is 505. The molecule has 1 rings (SSSR count). The van der Waals surface area contributed by atoms with E-state index in [4.69, 9.17) is 22.7 Å². The summed E-state index contributed by atoms with van der Waals surface area (Å²) in [4.78, 5) is 14.4. The summed E-state index contributed by atoms with van der Waals surface area (Å²) in [7, 11) is 1.51. The molecule has 0 heterocycles. The quantitative estimate of drug-likeness (QED) is 0.783. The van der Waals surface area contributed by atoms with Crippen molar-refractivity contribution in [1.82, 2.24) is 4.90 Å². The van der Waals surface area contributed by atoms with Gasteiger partial charge < -0.3 is 20.5 Å². The van der Waals surface area contributed by atoms with Gasteiger partial charge >= 0.3 is 0 Å². The molecule has 1 atom stereocenters. The molecule has 0 bridgehead atoms. The molecule has 6 heteroatoms. The van der Waals surface area contributed by atoms with Gasteiger partial charge in [0.1, 0.15) is 11.5 Å². The van der Waals surface area contributed by atoms with Gasteiger partial charge in [-0.2, -0.15) is 0 Å². The van der Waals surface area contributed by atoms with Gasteiger partial charge in [0.2, 0.25) is 0 Å². The molecule has 0 spiro atoms. The first-order chi connectivity index (χ1) is 9.40. The molecule has 1 amide bonds. The molecule has 0 fully saturated rings. The highest BCUT2D eigenvalue weighted by atomic mass is 32.1. The molecule has 3 N–H and O–H groups in total. The summed E-state index contributed by atoms with van der Waals surface area (Å²) < 4.78 is 5.07. The number of nitrogens with zero attached hydrogens (tertiary/aromatic N) is 1. The molecule has 0 aliphatic rings.